The fraction of sp³-hybridized carbons (Fsp3) is 0.0667. The summed E-state index contributed by atoms with van der Waals surface area (Å²) in [5, 5.41) is 32.0. The first-order valence-electron chi connectivity index (χ1n) is 6.00. The van der Waals surface area contributed by atoms with Crippen LogP contribution in [0.15, 0.2) is 48.6 Å². The summed E-state index contributed by atoms with van der Waals surface area (Å²) in [6, 6.07) is 9.25. The van der Waals surface area contributed by atoms with Crippen LogP contribution in [0.2, 0.25) is 0 Å². The number of nitro groups is 1. The van der Waals surface area contributed by atoms with Gasteiger partial charge in [0.1, 0.15) is 0 Å². The van der Waals surface area contributed by atoms with Crippen LogP contribution in [-0.4, -0.2) is 16.9 Å². The second kappa shape index (κ2) is 8.67. The first-order chi connectivity index (χ1) is 10.3. The molecule has 0 spiro atoms. The van der Waals surface area contributed by atoms with Crippen molar-refractivity contribution in [2.45, 2.75) is 6.92 Å². The molecule has 0 fully saturated rings. The van der Waals surface area contributed by atoms with Crippen molar-refractivity contribution in [2.75, 3.05) is 0 Å². The van der Waals surface area contributed by atoms with Crippen LogP contribution in [0.4, 0.5) is 5.69 Å². The Morgan fingerprint density at radius 1 is 1.09 bits per heavy atom. The van der Waals surface area contributed by atoms with Crippen molar-refractivity contribution >= 4 is 28.4 Å². The predicted molar refractivity (Wildman–Crippen MR) is 74.8 cm³/mol. The van der Waals surface area contributed by atoms with E-state index in [-0.39, 0.29) is 28.2 Å². The van der Waals surface area contributed by atoms with Crippen molar-refractivity contribution in [3.63, 3.8) is 0 Å². The number of benzene rings is 2. The number of hydrogen-bond acceptors (Lipinski definition) is 6. The number of aromatic carboxylic acids is 1. The van der Waals surface area contributed by atoms with E-state index in [2.05, 4.69) is 6.58 Å². The van der Waals surface area contributed by atoms with Gasteiger partial charge in [-0.1, -0.05) is 30.8 Å². The number of nitro benzene ring substituents is 1. The maximum atomic E-state index is 10.9. The standard InChI is InChI=1S/C11H7NO4.C4H6O2.Cu/c13-11(14)10-8-4-2-1-3-7(8)5-6-9(10)12(15)16;1-3(2)4(5)6;/h1-6H,(H,13,14);1H2,2H3,(H,5,6);/q;;+2/p-2. The molecule has 0 unspecified atom stereocenters. The molecular weight excluding hydrogens is 354 g/mol. The maximum absolute atomic E-state index is 10.9. The Morgan fingerprint density at radius 3 is 2.04 bits per heavy atom. The van der Waals surface area contributed by atoms with Gasteiger partial charge in [-0.25, -0.2) is 0 Å². The molecule has 1 radical (unpaired) electrons. The minimum atomic E-state index is -1.54. The van der Waals surface area contributed by atoms with Gasteiger partial charge in [-0.15, -0.1) is 0 Å². The van der Waals surface area contributed by atoms with E-state index in [9.17, 15) is 29.9 Å². The minimum absolute atomic E-state index is 0. The predicted octanol–water partition coefficient (Wildman–Crippen LogP) is 0.421. The monoisotopic (exact) mass is 364 g/mol. The van der Waals surface area contributed by atoms with Gasteiger partial charge < -0.3 is 19.8 Å². The number of carboxylic acids is 2. The molecule has 0 aliphatic heterocycles. The molecule has 0 saturated carbocycles. The average molecular weight is 365 g/mol. The van der Waals surface area contributed by atoms with Gasteiger partial charge in [0, 0.05) is 6.07 Å². The smallest absolute Gasteiger partial charge is 0.545 e. The number of fused-ring (bicyclic) bond motifs is 1. The average Bonchev–Trinajstić information content (AvgIpc) is 2.46. The number of aliphatic carboxylic acids is 1. The summed E-state index contributed by atoms with van der Waals surface area (Å²) >= 11 is 0. The van der Waals surface area contributed by atoms with Crippen LogP contribution < -0.4 is 10.2 Å². The van der Waals surface area contributed by atoms with Crippen LogP contribution >= 0.6 is 0 Å². The Kier molecular flexibility index (Phi) is 7.65. The minimum Gasteiger partial charge on any atom is -0.545 e. The number of rotatable bonds is 3. The Morgan fingerprint density at radius 2 is 1.61 bits per heavy atom. The second-order valence-corrected chi connectivity index (χ2v) is 4.29. The molecule has 2 aromatic carbocycles. The van der Waals surface area contributed by atoms with Crippen molar-refractivity contribution in [1.82, 2.24) is 0 Å². The molecule has 7 nitrogen and oxygen atoms in total. The molecule has 8 heteroatoms. The molecule has 0 aliphatic rings. The largest absolute Gasteiger partial charge is 2.00 e. The zero-order valence-electron chi connectivity index (χ0n) is 11.9. The van der Waals surface area contributed by atoms with Crippen molar-refractivity contribution in [1.29, 1.82) is 0 Å². The van der Waals surface area contributed by atoms with Gasteiger partial charge in [0.2, 0.25) is 0 Å². The summed E-state index contributed by atoms with van der Waals surface area (Å²) in [6.45, 7) is 4.48. The van der Waals surface area contributed by atoms with E-state index < -0.39 is 22.5 Å². The maximum Gasteiger partial charge on any atom is 2.00 e. The van der Waals surface area contributed by atoms with E-state index in [0.717, 1.165) is 0 Å². The topological polar surface area (TPSA) is 123 Å². The van der Waals surface area contributed by atoms with E-state index >= 15 is 0 Å². The third-order valence-corrected chi connectivity index (χ3v) is 2.66. The number of carboxylic acid groups (broad SMARTS) is 2. The zero-order valence-corrected chi connectivity index (χ0v) is 12.8. The first kappa shape index (κ1) is 20.3. The van der Waals surface area contributed by atoms with Gasteiger partial charge in [-0.2, -0.15) is 0 Å². The summed E-state index contributed by atoms with van der Waals surface area (Å²) < 4.78 is 0. The van der Waals surface area contributed by atoms with Crippen LogP contribution in [-0.2, 0) is 21.9 Å². The van der Waals surface area contributed by atoms with E-state index in [0.29, 0.717) is 10.8 Å². The molecule has 23 heavy (non-hydrogen) atoms. The fourth-order valence-corrected chi connectivity index (χ4v) is 1.63. The Labute approximate surface area is 141 Å². The van der Waals surface area contributed by atoms with E-state index in [1.54, 1.807) is 18.2 Å². The Hall–Kier alpha value is -2.70. The van der Waals surface area contributed by atoms with E-state index in [1.807, 2.05) is 0 Å². The van der Waals surface area contributed by atoms with Crippen LogP contribution in [0.3, 0.4) is 0 Å². The van der Waals surface area contributed by atoms with E-state index in [4.69, 9.17) is 0 Å². The normalized spacial score (nSPS) is 9.09. The summed E-state index contributed by atoms with van der Waals surface area (Å²) in [6.07, 6.45) is 0. The molecule has 123 valence electrons. The van der Waals surface area contributed by atoms with Crippen LogP contribution in [0.1, 0.15) is 17.3 Å². The molecule has 0 aliphatic carbocycles. The second-order valence-electron chi connectivity index (χ2n) is 4.29. The number of carbonyl (C=O) groups is 2. The number of hydrogen-bond donors (Lipinski definition) is 0. The van der Waals surface area contributed by atoms with Gasteiger partial charge in [-0.3, -0.25) is 10.1 Å². The van der Waals surface area contributed by atoms with Gasteiger partial charge in [0.05, 0.1) is 22.4 Å². The van der Waals surface area contributed by atoms with Crippen molar-refractivity contribution < 1.29 is 41.8 Å². The van der Waals surface area contributed by atoms with Crippen molar-refractivity contribution in [3.8, 4) is 0 Å². The quantitative estimate of drug-likeness (QED) is 0.336. The van der Waals surface area contributed by atoms with Crippen molar-refractivity contribution in [3.05, 3.63) is 64.2 Å². The third-order valence-electron chi connectivity index (χ3n) is 2.66. The summed E-state index contributed by atoms with van der Waals surface area (Å²) in [5.41, 5.74) is -0.753. The van der Waals surface area contributed by atoms with Crippen LogP contribution in [0, 0.1) is 10.1 Å². The zero-order chi connectivity index (χ0) is 16.9. The molecule has 0 aromatic heterocycles. The molecule has 2 aromatic rings. The summed E-state index contributed by atoms with van der Waals surface area (Å²) in [7, 11) is 0. The molecule has 0 amide bonds. The fourth-order valence-electron chi connectivity index (χ4n) is 1.63. The summed E-state index contributed by atoms with van der Waals surface area (Å²) in [5.74, 6) is -2.72. The number of carbonyl (C=O) groups excluding carboxylic acids is 2. The molecule has 2 rings (SSSR count). The van der Waals surface area contributed by atoms with Gasteiger partial charge in [0.15, 0.2) is 0 Å². The van der Waals surface area contributed by atoms with Crippen LogP contribution in [0.25, 0.3) is 10.8 Å². The number of nitrogens with zero attached hydrogens (tertiary/aromatic N) is 1. The summed E-state index contributed by atoms with van der Waals surface area (Å²) in [4.78, 5) is 30.4. The van der Waals surface area contributed by atoms with Gasteiger partial charge in [-0.05, 0) is 29.3 Å². The van der Waals surface area contributed by atoms with Gasteiger partial charge in [0.25, 0.3) is 5.69 Å². The third kappa shape index (κ3) is 5.21. The van der Waals surface area contributed by atoms with Crippen LogP contribution in [0.5, 0.6) is 0 Å². The molecular formula is C15H11CuNO6. The molecule has 0 N–H and O–H groups in total. The van der Waals surface area contributed by atoms with Gasteiger partial charge >= 0.3 is 17.1 Å². The van der Waals surface area contributed by atoms with Crippen molar-refractivity contribution in [2.24, 2.45) is 0 Å². The molecule has 0 saturated heterocycles. The first-order valence-corrected chi connectivity index (χ1v) is 6.00. The van der Waals surface area contributed by atoms with E-state index in [1.165, 1.54) is 25.1 Å². The molecule has 0 bridgehead atoms. The SMILES string of the molecule is C=C(C)C(=O)[O-].O=C([O-])c1c([N+](=O)[O-])ccc2ccccc12.[Cu+2]. The molecule has 0 atom stereocenters. The Balaban J connectivity index is 0.000000599. The molecule has 0 heterocycles. The Bertz CT molecular complexity index is 760.